The molecule has 1 heterocycles. The van der Waals surface area contributed by atoms with Gasteiger partial charge in [0.15, 0.2) is 15.7 Å². The number of rotatable bonds is 7. The average Bonchev–Trinajstić information content (AvgIpc) is 3.15. The van der Waals surface area contributed by atoms with Crippen molar-refractivity contribution >= 4 is 15.8 Å². The molecule has 0 radical (unpaired) electrons. The fourth-order valence-electron chi connectivity index (χ4n) is 2.55. The van der Waals surface area contributed by atoms with E-state index in [0.29, 0.717) is 24.5 Å². The van der Waals surface area contributed by atoms with Crippen LogP contribution in [0.2, 0.25) is 0 Å². The molecule has 0 atom stereocenters. The number of benzene rings is 2. The third-order valence-electron chi connectivity index (χ3n) is 3.96. The highest BCUT2D eigenvalue weighted by molar-refractivity contribution is 7.90. The molecule has 6 nitrogen and oxygen atoms in total. The number of hydrogen-bond acceptors (Lipinski definition) is 6. The smallest absolute Gasteiger partial charge is 0.311 e. The van der Waals surface area contributed by atoms with Gasteiger partial charge in [-0.15, -0.1) is 0 Å². The largest absolute Gasteiger partial charge is 0.449 e. The molecule has 0 aliphatic rings. The molecule has 27 heavy (non-hydrogen) atoms. The van der Waals surface area contributed by atoms with Crippen molar-refractivity contribution in [1.29, 1.82) is 0 Å². The second-order valence-electron chi connectivity index (χ2n) is 6.07. The molecule has 0 N–H and O–H groups in total. The average molecular weight is 385 g/mol. The Hall–Kier alpha value is -2.93. The molecule has 0 saturated carbocycles. The predicted octanol–water partition coefficient (Wildman–Crippen LogP) is 3.67. The number of nitrogens with zero attached hydrogens (tertiary/aromatic N) is 1. The molecule has 0 spiro atoms. The molecule has 2 aromatic carbocycles. The van der Waals surface area contributed by atoms with Crippen LogP contribution >= 0.6 is 0 Å². The first-order valence-corrected chi connectivity index (χ1v) is 10.3. The first-order chi connectivity index (χ1) is 12.9. The molecular weight excluding hydrogens is 366 g/mol. The lowest BCUT2D eigenvalue weighted by molar-refractivity contribution is -0.134. The second kappa shape index (κ2) is 8.18. The van der Waals surface area contributed by atoms with E-state index in [1.807, 2.05) is 12.1 Å². The van der Waals surface area contributed by atoms with Crippen LogP contribution in [-0.4, -0.2) is 25.6 Å². The Kier molecular flexibility index (Phi) is 5.71. The van der Waals surface area contributed by atoms with Gasteiger partial charge in [-0.1, -0.05) is 24.3 Å². The van der Waals surface area contributed by atoms with E-state index in [-0.39, 0.29) is 17.3 Å². The van der Waals surface area contributed by atoms with Gasteiger partial charge in [-0.3, -0.25) is 4.79 Å². The number of hydrogen-bond donors (Lipinski definition) is 0. The summed E-state index contributed by atoms with van der Waals surface area (Å²) >= 11 is 0. The van der Waals surface area contributed by atoms with Gasteiger partial charge >= 0.3 is 5.97 Å². The normalized spacial score (nSPS) is 11.3. The summed E-state index contributed by atoms with van der Waals surface area (Å²) < 4.78 is 33.5. The highest BCUT2D eigenvalue weighted by Gasteiger charge is 2.09. The SMILES string of the molecule is CS(=O)(=O)c1ccc(-c2ccc(OC(=O)CCCc3ncco3)cc2)cc1. The van der Waals surface area contributed by atoms with Crippen LogP contribution < -0.4 is 4.74 Å². The van der Waals surface area contributed by atoms with Crippen molar-refractivity contribution in [2.24, 2.45) is 0 Å². The highest BCUT2D eigenvalue weighted by atomic mass is 32.2. The molecule has 3 rings (SSSR count). The lowest BCUT2D eigenvalue weighted by Gasteiger charge is -2.06. The molecule has 3 aromatic rings. The van der Waals surface area contributed by atoms with Gasteiger partial charge in [-0.25, -0.2) is 13.4 Å². The quantitative estimate of drug-likeness (QED) is 0.456. The fourth-order valence-corrected chi connectivity index (χ4v) is 3.18. The molecule has 0 bridgehead atoms. The lowest BCUT2D eigenvalue weighted by atomic mass is 10.1. The minimum atomic E-state index is -3.21. The van der Waals surface area contributed by atoms with Crippen molar-refractivity contribution in [2.45, 2.75) is 24.2 Å². The molecule has 0 saturated heterocycles. The number of ether oxygens (including phenoxy) is 1. The van der Waals surface area contributed by atoms with Crippen LogP contribution in [0.4, 0.5) is 0 Å². The van der Waals surface area contributed by atoms with Crippen LogP contribution in [-0.2, 0) is 21.1 Å². The number of esters is 1. The van der Waals surface area contributed by atoms with Gasteiger partial charge in [0, 0.05) is 19.1 Å². The van der Waals surface area contributed by atoms with Crippen LogP contribution in [0.3, 0.4) is 0 Å². The van der Waals surface area contributed by atoms with Crippen molar-refractivity contribution in [3.63, 3.8) is 0 Å². The zero-order valence-corrected chi connectivity index (χ0v) is 15.6. The van der Waals surface area contributed by atoms with Gasteiger partial charge in [0.05, 0.1) is 11.1 Å². The van der Waals surface area contributed by atoms with E-state index in [1.54, 1.807) is 42.6 Å². The Bertz CT molecular complexity index is 992. The molecule has 140 valence electrons. The van der Waals surface area contributed by atoms with E-state index in [0.717, 1.165) is 11.1 Å². The Labute approximate surface area is 157 Å². The molecule has 0 aliphatic carbocycles. The van der Waals surface area contributed by atoms with Crippen molar-refractivity contribution in [1.82, 2.24) is 4.98 Å². The highest BCUT2D eigenvalue weighted by Crippen LogP contribution is 2.24. The Morgan fingerprint density at radius 3 is 2.22 bits per heavy atom. The van der Waals surface area contributed by atoms with E-state index in [2.05, 4.69) is 4.98 Å². The number of aryl methyl sites for hydroxylation is 1. The van der Waals surface area contributed by atoms with Gasteiger partial charge in [0.1, 0.15) is 12.0 Å². The van der Waals surface area contributed by atoms with Crippen LogP contribution in [0, 0.1) is 0 Å². The molecule has 0 fully saturated rings. The number of sulfone groups is 1. The third kappa shape index (κ3) is 5.27. The minimum Gasteiger partial charge on any atom is -0.449 e. The Morgan fingerprint density at radius 2 is 1.67 bits per heavy atom. The van der Waals surface area contributed by atoms with Crippen LogP contribution in [0.25, 0.3) is 11.1 Å². The third-order valence-corrected chi connectivity index (χ3v) is 5.09. The van der Waals surface area contributed by atoms with Crippen LogP contribution in [0.15, 0.2) is 70.3 Å². The van der Waals surface area contributed by atoms with Crippen LogP contribution in [0.1, 0.15) is 18.7 Å². The van der Waals surface area contributed by atoms with E-state index in [9.17, 15) is 13.2 Å². The van der Waals surface area contributed by atoms with Crippen molar-refractivity contribution in [2.75, 3.05) is 6.26 Å². The van der Waals surface area contributed by atoms with Gasteiger partial charge < -0.3 is 9.15 Å². The van der Waals surface area contributed by atoms with E-state index in [1.165, 1.54) is 12.5 Å². The zero-order valence-electron chi connectivity index (χ0n) is 14.8. The van der Waals surface area contributed by atoms with Crippen molar-refractivity contribution in [3.8, 4) is 16.9 Å². The summed E-state index contributed by atoms with van der Waals surface area (Å²) in [4.78, 5) is 16.2. The van der Waals surface area contributed by atoms with Crippen LogP contribution in [0.5, 0.6) is 5.75 Å². The predicted molar refractivity (Wildman–Crippen MR) is 100 cm³/mol. The second-order valence-corrected chi connectivity index (χ2v) is 8.09. The zero-order chi connectivity index (χ0) is 19.3. The van der Waals surface area contributed by atoms with E-state index >= 15 is 0 Å². The summed E-state index contributed by atoms with van der Waals surface area (Å²) in [6.07, 6.45) is 5.72. The fraction of sp³-hybridized carbons (Fsp3) is 0.200. The molecule has 0 amide bonds. The van der Waals surface area contributed by atoms with E-state index < -0.39 is 9.84 Å². The topological polar surface area (TPSA) is 86.5 Å². The Morgan fingerprint density at radius 1 is 1.04 bits per heavy atom. The van der Waals surface area contributed by atoms with Crippen molar-refractivity contribution in [3.05, 3.63) is 66.9 Å². The van der Waals surface area contributed by atoms with Gasteiger partial charge in [-0.05, 0) is 41.8 Å². The standard InChI is InChI=1S/C20H19NO5S/c1-27(23,24)18-11-7-16(8-12-18)15-5-9-17(10-6-15)26-20(22)4-2-3-19-21-13-14-25-19/h5-14H,2-4H2,1H3. The van der Waals surface area contributed by atoms with E-state index in [4.69, 9.17) is 9.15 Å². The minimum absolute atomic E-state index is 0.275. The molecule has 7 heteroatoms. The maximum atomic E-state index is 11.9. The summed E-state index contributed by atoms with van der Waals surface area (Å²) in [6, 6.07) is 13.7. The van der Waals surface area contributed by atoms with Gasteiger partial charge in [0.25, 0.3) is 0 Å². The first-order valence-electron chi connectivity index (χ1n) is 8.41. The number of oxazole rings is 1. The summed E-state index contributed by atoms with van der Waals surface area (Å²) in [5.74, 6) is 0.758. The number of carbonyl (C=O) groups excluding carboxylic acids is 1. The summed E-state index contributed by atoms with van der Waals surface area (Å²) in [5, 5.41) is 0. The lowest BCUT2D eigenvalue weighted by Crippen LogP contribution is -2.08. The summed E-state index contributed by atoms with van der Waals surface area (Å²) in [5.41, 5.74) is 1.78. The number of carbonyl (C=O) groups is 1. The monoisotopic (exact) mass is 385 g/mol. The molecule has 0 aliphatic heterocycles. The molecular formula is C20H19NO5S. The van der Waals surface area contributed by atoms with Crippen molar-refractivity contribution < 1.29 is 22.4 Å². The Balaban J connectivity index is 1.56. The van der Waals surface area contributed by atoms with Gasteiger partial charge in [0.2, 0.25) is 0 Å². The molecule has 1 aromatic heterocycles. The number of aromatic nitrogens is 1. The summed E-state index contributed by atoms with van der Waals surface area (Å²) in [6.45, 7) is 0. The maximum absolute atomic E-state index is 11.9. The summed E-state index contributed by atoms with van der Waals surface area (Å²) in [7, 11) is -3.21. The first kappa shape index (κ1) is 18.8. The molecule has 0 unspecified atom stereocenters. The maximum Gasteiger partial charge on any atom is 0.311 e. The van der Waals surface area contributed by atoms with Gasteiger partial charge in [-0.2, -0.15) is 0 Å².